The molecule has 2 aliphatic rings. The van der Waals surface area contributed by atoms with E-state index >= 15 is 0 Å². The van der Waals surface area contributed by atoms with E-state index in [1.165, 1.54) is 21.9 Å². The van der Waals surface area contributed by atoms with Crippen LogP contribution in [0.3, 0.4) is 0 Å². The highest BCUT2D eigenvalue weighted by Gasteiger charge is 2.46. The minimum absolute atomic E-state index is 0.00363. The molecule has 0 aromatic carbocycles. The molecular weight excluding hydrogens is 286 g/mol. The third-order valence-electron chi connectivity index (χ3n) is 3.90. The smallest absolute Gasteiger partial charge is 0.273 e. The zero-order valence-electron chi connectivity index (χ0n) is 10.5. The maximum absolute atomic E-state index is 12.3. The number of carbonyl (C=O) groups is 1. The lowest BCUT2D eigenvalue weighted by atomic mass is 10.1. The van der Waals surface area contributed by atoms with Crippen molar-refractivity contribution in [3.63, 3.8) is 0 Å². The molecule has 2 aliphatic heterocycles. The summed E-state index contributed by atoms with van der Waals surface area (Å²) >= 11 is 1.39. The van der Waals surface area contributed by atoms with E-state index in [9.17, 15) is 13.2 Å². The lowest BCUT2D eigenvalue weighted by Gasteiger charge is -2.23. The summed E-state index contributed by atoms with van der Waals surface area (Å²) < 4.78 is 24.6. The maximum Gasteiger partial charge on any atom is 0.273 e. The van der Waals surface area contributed by atoms with Crippen LogP contribution in [0.5, 0.6) is 0 Å². The number of sulfonamides is 1. The molecule has 0 saturated carbocycles. The second-order valence-electron chi connectivity index (χ2n) is 5.07. The summed E-state index contributed by atoms with van der Waals surface area (Å²) in [5.41, 5.74) is 2.10. The molecule has 1 aromatic rings. The van der Waals surface area contributed by atoms with Gasteiger partial charge in [-0.25, -0.2) is 13.4 Å². The van der Waals surface area contributed by atoms with Gasteiger partial charge in [-0.2, -0.15) is 4.31 Å². The van der Waals surface area contributed by atoms with Crippen LogP contribution in [0.4, 0.5) is 0 Å². The summed E-state index contributed by atoms with van der Waals surface area (Å²) in [6.45, 7) is 1.65. The van der Waals surface area contributed by atoms with Gasteiger partial charge in [0.05, 0.1) is 11.8 Å². The van der Waals surface area contributed by atoms with Gasteiger partial charge < -0.3 is 4.90 Å². The summed E-state index contributed by atoms with van der Waals surface area (Å²) in [7, 11) is -3.17. The molecule has 1 aromatic heterocycles. The fourth-order valence-electron chi connectivity index (χ4n) is 2.91. The van der Waals surface area contributed by atoms with Crippen LogP contribution in [0.25, 0.3) is 0 Å². The number of carbonyl (C=O) groups excluding carboxylic acids is 1. The molecule has 3 rings (SSSR count). The lowest BCUT2D eigenvalue weighted by molar-refractivity contribution is 0.0727. The first-order valence-electron chi connectivity index (χ1n) is 6.11. The second kappa shape index (κ2) is 4.53. The molecule has 6 nitrogen and oxygen atoms in total. The molecule has 8 heteroatoms. The van der Waals surface area contributed by atoms with E-state index in [1.54, 1.807) is 15.8 Å². The molecule has 3 heterocycles. The number of hydrogen-bond acceptors (Lipinski definition) is 5. The fourth-order valence-corrected chi connectivity index (χ4v) is 4.32. The molecule has 19 heavy (non-hydrogen) atoms. The first-order valence-corrected chi connectivity index (χ1v) is 8.90. The van der Waals surface area contributed by atoms with Gasteiger partial charge in [-0.15, -0.1) is 11.3 Å². The minimum Gasteiger partial charge on any atom is -0.333 e. The summed E-state index contributed by atoms with van der Waals surface area (Å²) in [6, 6.07) is 0.00363. The van der Waals surface area contributed by atoms with Crippen molar-refractivity contribution in [2.75, 3.05) is 25.9 Å². The third kappa shape index (κ3) is 2.28. The SMILES string of the molecule is CS(=O)(=O)N1C[C@@H]2CCN(C(=O)c3cscn3)[C@@H]2C1. The Hall–Kier alpha value is -0.990. The van der Waals surface area contributed by atoms with Crippen molar-refractivity contribution in [2.24, 2.45) is 5.92 Å². The lowest BCUT2D eigenvalue weighted by Crippen LogP contribution is -2.40. The van der Waals surface area contributed by atoms with Crippen LogP contribution < -0.4 is 0 Å². The number of hydrogen-bond donors (Lipinski definition) is 0. The quantitative estimate of drug-likeness (QED) is 0.785. The molecule has 1 amide bonds. The van der Waals surface area contributed by atoms with E-state index in [4.69, 9.17) is 0 Å². The van der Waals surface area contributed by atoms with Gasteiger partial charge in [-0.3, -0.25) is 4.79 Å². The average Bonchev–Trinajstić information content (AvgIpc) is 3.03. The van der Waals surface area contributed by atoms with Gasteiger partial charge in [0.1, 0.15) is 5.69 Å². The van der Waals surface area contributed by atoms with Crippen LogP contribution in [-0.4, -0.2) is 60.4 Å². The Labute approximate surface area is 116 Å². The van der Waals surface area contributed by atoms with Crippen molar-refractivity contribution in [3.05, 3.63) is 16.6 Å². The average molecular weight is 301 g/mol. The number of rotatable bonds is 2. The van der Waals surface area contributed by atoms with Gasteiger partial charge in [0, 0.05) is 31.1 Å². The van der Waals surface area contributed by atoms with Crippen molar-refractivity contribution in [1.29, 1.82) is 0 Å². The molecular formula is C11H15N3O3S2. The minimum atomic E-state index is -3.17. The van der Waals surface area contributed by atoms with Crippen LogP contribution in [0, 0.1) is 5.92 Å². The Morgan fingerprint density at radius 3 is 2.89 bits per heavy atom. The van der Waals surface area contributed by atoms with Gasteiger partial charge >= 0.3 is 0 Å². The van der Waals surface area contributed by atoms with Gasteiger partial charge in [-0.1, -0.05) is 0 Å². The molecule has 0 N–H and O–H groups in total. The van der Waals surface area contributed by atoms with Crippen molar-refractivity contribution in [2.45, 2.75) is 12.5 Å². The maximum atomic E-state index is 12.3. The first-order chi connectivity index (χ1) is 8.97. The Balaban J connectivity index is 1.78. The summed E-state index contributed by atoms with van der Waals surface area (Å²) in [5, 5.41) is 1.74. The zero-order valence-corrected chi connectivity index (χ0v) is 12.2. The molecule has 0 radical (unpaired) electrons. The van der Waals surface area contributed by atoms with Crippen molar-refractivity contribution < 1.29 is 13.2 Å². The van der Waals surface area contributed by atoms with Crippen LogP contribution >= 0.6 is 11.3 Å². The molecule has 2 saturated heterocycles. The Morgan fingerprint density at radius 1 is 1.47 bits per heavy atom. The Morgan fingerprint density at radius 2 is 2.26 bits per heavy atom. The normalized spacial score (nSPS) is 27.7. The van der Waals surface area contributed by atoms with E-state index in [-0.39, 0.29) is 17.9 Å². The second-order valence-corrected chi connectivity index (χ2v) is 7.77. The monoisotopic (exact) mass is 301 g/mol. The van der Waals surface area contributed by atoms with Crippen LogP contribution in [0.2, 0.25) is 0 Å². The molecule has 2 atom stereocenters. The molecule has 0 spiro atoms. The fraction of sp³-hybridized carbons (Fsp3) is 0.636. The summed E-state index contributed by atoms with van der Waals surface area (Å²) in [5.74, 6) is 0.182. The van der Waals surface area contributed by atoms with Gasteiger partial charge in [0.25, 0.3) is 5.91 Å². The largest absolute Gasteiger partial charge is 0.333 e. The third-order valence-corrected chi connectivity index (χ3v) is 5.72. The molecule has 0 aliphatic carbocycles. The van der Waals surface area contributed by atoms with Crippen molar-refractivity contribution in [3.8, 4) is 0 Å². The predicted octanol–water partition coefficient (Wildman–Crippen LogP) is 0.249. The molecule has 0 bridgehead atoms. The number of fused-ring (bicyclic) bond motifs is 1. The topological polar surface area (TPSA) is 70.6 Å². The van der Waals surface area contributed by atoms with Crippen LogP contribution in [0.15, 0.2) is 10.9 Å². The van der Waals surface area contributed by atoms with E-state index in [2.05, 4.69) is 4.98 Å². The van der Waals surface area contributed by atoms with Crippen molar-refractivity contribution in [1.82, 2.24) is 14.2 Å². The number of likely N-dealkylation sites (tertiary alicyclic amines) is 1. The number of thiazole rings is 1. The zero-order chi connectivity index (χ0) is 13.6. The van der Waals surface area contributed by atoms with Crippen LogP contribution in [-0.2, 0) is 10.0 Å². The van der Waals surface area contributed by atoms with E-state index in [0.717, 1.165) is 6.42 Å². The first kappa shape index (κ1) is 13.0. The summed E-state index contributed by atoms with van der Waals surface area (Å²) in [4.78, 5) is 18.1. The standard InChI is InChI=1S/C11H15N3O3S2/c1-19(16,17)13-4-8-2-3-14(10(8)5-13)11(15)9-6-18-7-12-9/h6-8,10H,2-5H2,1H3/t8-,10+/m0/s1. The number of amides is 1. The predicted molar refractivity (Wildman–Crippen MR) is 71.5 cm³/mol. The highest BCUT2D eigenvalue weighted by atomic mass is 32.2. The molecule has 0 unspecified atom stereocenters. The highest BCUT2D eigenvalue weighted by Crippen LogP contribution is 2.33. The van der Waals surface area contributed by atoms with Crippen LogP contribution in [0.1, 0.15) is 16.9 Å². The van der Waals surface area contributed by atoms with Gasteiger partial charge in [0.15, 0.2) is 0 Å². The number of nitrogens with zero attached hydrogens (tertiary/aromatic N) is 3. The van der Waals surface area contributed by atoms with Crippen molar-refractivity contribution >= 4 is 27.3 Å². The van der Waals surface area contributed by atoms with E-state index in [0.29, 0.717) is 25.3 Å². The summed E-state index contributed by atoms with van der Waals surface area (Å²) in [6.07, 6.45) is 2.09. The number of aromatic nitrogens is 1. The Bertz CT molecular complexity index is 584. The molecule has 2 fully saturated rings. The molecule has 104 valence electrons. The van der Waals surface area contributed by atoms with Gasteiger partial charge in [-0.05, 0) is 12.3 Å². The van der Waals surface area contributed by atoms with Gasteiger partial charge in [0.2, 0.25) is 10.0 Å². The highest BCUT2D eigenvalue weighted by molar-refractivity contribution is 7.88. The van der Waals surface area contributed by atoms with E-state index in [1.807, 2.05) is 0 Å². The van der Waals surface area contributed by atoms with E-state index < -0.39 is 10.0 Å². The Kier molecular flexibility index (Phi) is 3.11.